The Kier molecular flexibility index (Phi) is 5.01. The normalized spacial score (nSPS) is 22.5. The maximum Gasteiger partial charge on any atom is 0.232 e. The van der Waals surface area contributed by atoms with E-state index in [0.717, 1.165) is 25.1 Å². The van der Waals surface area contributed by atoms with Crippen molar-refractivity contribution < 1.29 is 14.3 Å². The van der Waals surface area contributed by atoms with E-state index in [-0.39, 0.29) is 17.6 Å². The number of carbonyl (C=O) groups excluding carboxylic acids is 1. The van der Waals surface area contributed by atoms with E-state index in [1.165, 1.54) is 0 Å². The first-order valence-corrected chi connectivity index (χ1v) is 8.48. The van der Waals surface area contributed by atoms with Crippen LogP contribution in [0, 0.1) is 6.92 Å². The Labute approximate surface area is 143 Å². The molecule has 0 bridgehead atoms. The molecular weight excluding hydrogens is 308 g/mol. The zero-order valence-electron chi connectivity index (χ0n) is 14.7. The lowest BCUT2D eigenvalue weighted by Crippen LogP contribution is -2.67. The molecule has 0 saturated carbocycles. The maximum absolute atomic E-state index is 12.2. The molecule has 2 aliphatic heterocycles. The van der Waals surface area contributed by atoms with Crippen molar-refractivity contribution in [1.82, 2.24) is 19.8 Å². The molecule has 1 atom stereocenters. The molecule has 2 saturated heterocycles. The van der Waals surface area contributed by atoms with Crippen molar-refractivity contribution in [3.8, 4) is 5.88 Å². The Hall–Kier alpha value is -1.73. The molecule has 0 radical (unpaired) electrons. The van der Waals surface area contributed by atoms with Crippen molar-refractivity contribution >= 4 is 5.91 Å². The molecule has 3 heterocycles. The first-order valence-electron chi connectivity index (χ1n) is 8.48. The van der Waals surface area contributed by atoms with Crippen LogP contribution in [-0.2, 0) is 9.53 Å². The number of aryl methyl sites for hydroxylation is 1. The summed E-state index contributed by atoms with van der Waals surface area (Å²) in [6, 6.07) is 0. The Morgan fingerprint density at radius 2 is 2.25 bits per heavy atom. The van der Waals surface area contributed by atoms with E-state index in [0.29, 0.717) is 32.0 Å². The van der Waals surface area contributed by atoms with E-state index >= 15 is 0 Å². The maximum atomic E-state index is 12.2. The fourth-order valence-electron chi connectivity index (χ4n) is 3.27. The number of carbonyl (C=O) groups is 1. The highest BCUT2D eigenvalue weighted by atomic mass is 16.5. The fourth-order valence-corrected chi connectivity index (χ4v) is 3.27. The SMILES string of the molecule is Cc1cncc(OC2CCOC3(C2)CN(C(=O)CCN(C)C)C3)n1. The van der Waals surface area contributed by atoms with E-state index in [2.05, 4.69) is 9.97 Å². The van der Waals surface area contributed by atoms with Crippen LogP contribution in [0.4, 0.5) is 0 Å². The molecule has 3 rings (SSSR count). The Balaban J connectivity index is 1.51. The zero-order chi connectivity index (χ0) is 17.2. The molecule has 0 aromatic carbocycles. The highest BCUT2D eigenvalue weighted by Gasteiger charge is 2.49. The van der Waals surface area contributed by atoms with Crippen molar-refractivity contribution in [1.29, 1.82) is 0 Å². The van der Waals surface area contributed by atoms with Gasteiger partial charge >= 0.3 is 0 Å². The van der Waals surface area contributed by atoms with Crippen LogP contribution in [0.3, 0.4) is 0 Å². The molecular formula is C17H26N4O3. The van der Waals surface area contributed by atoms with Gasteiger partial charge in [0, 0.05) is 32.0 Å². The number of aromatic nitrogens is 2. The van der Waals surface area contributed by atoms with Crippen molar-refractivity contribution in [2.75, 3.05) is 40.3 Å². The Bertz CT molecular complexity index is 587. The van der Waals surface area contributed by atoms with E-state index < -0.39 is 0 Å². The molecule has 1 spiro atoms. The Morgan fingerprint density at radius 1 is 1.46 bits per heavy atom. The number of amides is 1. The van der Waals surface area contributed by atoms with Crippen LogP contribution in [0.1, 0.15) is 25.0 Å². The molecule has 132 valence electrons. The zero-order valence-corrected chi connectivity index (χ0v) is 14.7. The molecule has 1 amide bonds. The van der Waals surface area contributed by atoms with Crippen LogP contribution in [0.2, 0.25) is 0 Å². The van der Waals surface area contributed by atoms with Crippen molar-refractivity contribution in [3.63, 3.8) is 0 Å². The summed E-state index contributed by atoms with van der Waals surface area (Å²) in [6.07, 6.45) is 5.61. The monoisotopic (exact) mass is 334 g/mol. The van der Waals surface area contributed by atoms with E-state index in [1.807, 2.05) is 30.8 Å². The molecule has 1 unspecified atom stereocenters. The molecule has 2 fully saturated rings. The van der Waals surface area contributed by atoms with Gasteiger partial charge in [-0.2, -0.15) is 0 Å². The highest BCUT2D eigenvalue weighted by molar-refractivity contribution is 5.77. The number of hydrogen-bond donors (Lipinski definition) is 0. The van der Waals surface area contributed by atoms with Crippen LogP contribution >= 0.6 is 0 Å². The molecule has 0 N–H and O–H groups in total. The summed E-state index contributed by atoms with van der Waals surface area (Å²) in [7, 11) is 3.95. The van der Waals surface area contributed by atoms with Gasteiger partial charge in [-0.05, 0) is 21.0 Å². The second-order valence-electron chi connectivity index (χ2n) is 7.07. The van der Waals surface area contributed by atoms with E-state index in [9.17, 15) is 4.79 Å². The average Bonchev–Trinajstić information content (AvgIpc) is 2.50. The lowest BCUT2D eigenvalue weighted by molar-refractivity contribution is -0.193. The number of ether oxygens (including phenoxy) is 2. The summed E-state index contributed by atoms with van der Waals surface area (Å²) >= 11 is 0. The summed E-state index contributed by atoms with van der Waals surface area (Å²) in [5.41, 5.74) is 0.601. The van der Waals surface area contributed by atoms with Gasteiger partial charge in [0.25, 0.3) is 0 Å². The third-order valence-corrected chi connectivity index (χ3v) is 4.55. The Morgan fingerprint density at radius 3 is 2.96 bits per heavy atom. The van der Waals surface area contributed by atoms with Gasteiger partial charge in [0.15, 0.2) is 0 Å². The van der Waals surface area contributed by atoms with Crippen LogP contribution in [0.5, 0.6) is 5.88 Å². The largest absolute Gasteiger partial charge is 0.473 e. The number of nitrogens with zero attached hydrogens (tertiary/aromatic N) is 4. The number of rotatable bonds is 5. The molecule has 0 aliphatic carbocycles. The van der Waals surface area contributed by atoms with Crippen LogP contribution in [0.25, 0.3) is 0 Å². The summed E-state index contributed by atoms with van der Waals surface area (Å²) in [5.74, 6) is 0.765. The number of hydrogen-bond acceptors (Lipinski definition) is 6. The van der Waals surface area contributed by atoms with Crippen molar-refractivity contribution in [3.05, 3.63) is 18.1 Å². The first-order chi connectivity index (χ1) is 11.5. The highest BCUT2D eigenvalue weighted by Crippen LogP contribution is 2.35. The van der Waals surface area contributed by atoms with Crippen LogP contribution < -0.4 is 4.74 Å². The van der Waals surface area contributed by atoms with Gasteiger partial charge in [-0.3, -0.25) is 9.78 Å². The van der Waals surface area contributed by atoms with Gasteiger partial charge in [-0.25, -0.2) is 4.98 Å². The van der Waals surface area contributed by atoms with Crippen molar-refractivity contribution in [2.45, 2.75) is 37.9 Å². The third kappa shape index (κ3) is 4.02. The topological polar surface area (TPSA) is 67.8 Å². The summed E-state index contributed by atoms with van der Waals surface area (Å²) < 4.78 is 12.0. The number of likely N-dealkylation sites (tertiary alicyclic amines) is 1. The molecule has 2 aliphatic rings. The standard InChI is InChI=1S/C17H26N4O3/c1-13-9-18-10-15(19-13)24-14-5-7-23-17(8-14)11-21(12-17)16(22)4-6-20(2)3/h9-10,14H,4-8,11-12H2,1-3H3. The van der Waals surface area contributed by atoms with Crippen LogP contribution in [-0.4, -0.2) is 77.7 Å². The van der Waals surface area contributed by atoms with Crippen molar-refractivity contribution in [2.24, 2.45) is 0 Å². The van der Waals surface area contributed by atoms with E-state index in [4.69, 9.17) is 9.47 Å². The third-order valence-electron chi connectivity index (χ3n) is 4.55. The minimum absolute atomic E-state index is 0.0638. The molecule has 1 aromatic heterocycles. The average molecular weight is 334 g/mol. The minimum Gasteiger partial charge on any atom is -0.473 e. The lowest BCUT2D eigenvalue weighted by Gasteiger charge is -2.52. The van der Waals surface area contributed by atoms with Gasteiger partial charge < -0.3 is 19.3 Å². The van der Waals surface area contributed by atoms with Crippen LogP contribution in [0.15, 0.2) is 12.4 Å². The molecule has 24 heavy (non-hydrogen) atoms. The predicted octanol–water partition coefficient (Wildman–Crippen LogP) is 0.876. The van der Waals surface area contributed by atoms with Gasteiger partial charge in [-0.1, -0.05) is 0 Å². The second-order valence-corrected chi connectivity index (χ2v) is 7.07. The van der Waals surface area contributed by atoms with Gasteiger partial charge in [0.2, 0.25) is 11.8 Å². The molecule has 7 heteroatoms. The minimum atomic E-state index is -0.242. The van der Waals surface area contributed by atoms with Gasteiger partial charge in [0.05, 0.1) is 31.6 Å². The predicted molar refractivity (Wildman–Crippen MR) is 88.9 cm³/mol. The molecule has 7 nitrogen and oxygen atoms in total. The molecule has 1 aromatic rings. The van der Waals surface area contributed by atoms with Gasteiger partial charge in [0.1, 0.15) is 11.7 Å². The summed E-state index contributed by atoms with van der Waals surface area (Å²) in [5, 5.41) is 0. The summed E-state index contributed by atoms with van der Waals surface area (Å²) in [4.78, 5) is 24.5. The lowest BCUT2D eigenvalue weighted by atomic mass is 9.84. The fraction of sp³-hybridized carbons (Fsp3) is 0.706. The smallest absolute Gasteiger partial charge is 0.232 e. The van der Waals surface area contributed by atoms with E-state index in [1.54, 1.807) is 12.4 Å². The first kappa shape index (κ1) is 17.1. The quantitative estimate of drug-likeness (QED) is 0.796. The summed E-state index contributed by atoms with van der Waals surface area (Å²) in [6.45, 7) is 4.66. The van der Waals surface area contributed by atoms with Gasteiger partial charge in [-0.15, -0.1) is 0 Å². The second kappa shape index (κ2) is 7.03.